The van der Waals surface area contributed by atoms with Crippen LogP contribution < -0.4 is 15.4 Å². The Morgan fingerprint density at radius 1 is 1.21 bits per heavy atom. The standard InChI is InChI=1S/C22H23N3O3/c1-27-18-8-6-16(7-9-18)17-11-20(21(24-13-17)23-12-15-4-5-15)22(26)25-14-19-3-2-10-28-19/h2-3,6-11,13,15H,4-5,12,14H2,1H3,(H,23,24)(H,25,26). The van der Waals surface area contributed by atoms with Crippen molar-refractivity contribution < 1.29 is 13.9 Å². The molecule has 0 aliphatic heterocycles. The summed E-state index contributed by atoms with van der Waals surface area (Å²) in [7, 11) is 1.64. The molecule has 0 radical (unpaired) electrons. The molecule has 4 rings (SSSR count). The van der Waals surface area contributed by atoms with Gasteiger partial charge < -0.3 is 19.8 Å². The Morgan fingerprint density at radius 3 is 2.71 bits per heavy atom. The number of amides is 1. The third-order valence-electron chi connectivity index (χ3n) is 4.81. The Balaban J connectivity index is 1.57. The van der Waals surface area contributed by atoms with Crippen molar-refractivity contribution in [2.45, 2.75) is 19.4 Å². The van der Waals surface area contributed by atoms with E-state index in [1.54, 1.807) is 25.6 Å². The maximum atomic E-state index is 12.9. The normalized spacial score (nSPS) is 13.2. The summed E-state index contributed by atoms with van der Waals surface area (Å²) in [6.45, 7) is 1.17. The Morgan fingerprint density at radius 2 is 2.04 bits per heavy atom. The van der Waals surface area contributed by atoms with Crippen molar-refractivity contribution in [3.05, 3.63) is 66.2 Å². The van der Waals surface area contributed by atoms with Crippen LogP contribution in [0.1, 0.15) is 29.0 Å². The molecule has 0 bridgehead atoms. The van der Waals surface area contributed by atoms with Crippen LogP contribution >= 0.6 is 0 Å². The maximum Gasteiger partial charge on any atom is 0.255 e. The molecule has 1 aliphatic rings. The van der Waals surface area contributed by atoms with Crippen LogP contribution in [-0.2, 0) is 6.54 Å². The molecule has 1 aromatic carbocycles. The molecule has 1 amide bonds. The van der Waals surface area contributed by atoms with Crippen molar-refractivity contribution in [1.29, 1.82) is 0 Å². The number of carbonyl (C=O) groups excluding carboxylic acids is 1. The molecule has 0 spiro atoms. The highest BCUT2D eigenvalue weighted by Crippen LogP contribution is 2.30. The van der Waals surface area contributed by atoms with Crippen molar-refractivity contribution in [3.63, 3.8) is 0 Å². The smallest absolute Gasteiger partial charge is 0.255 e. The highest BCUT2D eigenvalue weighted by Gasteiger charge is 2.22. The van der Waals surface area contributed by atoms with Crippen LogP contribution in [-0.4, -0.2) is 24.5 Å². The molecule has 0 atom stereocenters. The molecule has 0 saturated heterocycles. The van der Waals surface area contributed by atoms with Crippen molar-refractivity contribution in [1.82, 2.24) is 10.3 Å². The molecule has 1 aliphatic carbocycles. The van der Waals surface area contributed by atoms with Gasteiger partial charge in [-0.25, -0.2) is 4.98 Å². The fraction of sp³-hybridized carbons (Fsp3) is 0.273. The summed E-state index contributed by atoms with van der Waals surface area (Å²) in [6.07, 6.45) is 5.85. The van der Waals surface area contributed by atoms with E-state index in [0.717, 1.165) is 23.4 Å². The first-order valence-electron chi connectivity index (χ1n) is 9.42. The maximum absolute atomic E-state index is 12.9. The van der Waals surface area contributed by atoms with Gasteiger partial charge >= 0.3 is 0 Å². The highest BCUT2D eigenvalue weighted by atomic mass is 16.5. The number of furan rings is 1. The van der Waals surface area contributed by atoms with Gasteiger partial charge in [-0.2, -0.15) is 0 Å². The zero-order chi connectivity index (χ0) is 19.3. The van der Waals surface area contributed by atoms with Gasteiger partial charge in [0.05, 0.1) is 25.5 Å². The van der Waals surface area contributed by atoms with E-state index in [2.05, 4.69) is 15.6 Å². The van der Waals surface area contributed by atoms with Gasteiger partial charge in [-0.05, 0) is 54.7 Å². The Bertz CT molecular complexity index is 932. The van der Waals surface area contributed by atoms with Gasteiger partial charge in [-0.15, -0.1) is 0 Å². The van der Waals surface area contributed by atoms with Gasteiger partial charge in [-0.1, -0.05) is 12.1 Å². The van der Waals surface area contributed by atoms with E-state index in [1.165, 1.54) is 12.8 Å². The lowest BCUT2D eigenvalue weighted by atomic mass is 10.0. The largest absolute Gasteiger partial charge is 0.497 e. The summed E-state index contributed by atoms with van der Waals surface area (Å²) in [6, 6.07) is 13.2. The minimum atomic E-state index is -0.183. The lowest BCUT2D eigenvalue weighted by molar-refractivity contribution is 0.0948. The molecule has 3 aromatic rings. The highest BCUT2D eigenvalue weighted by molar-refractivity contribution is 5.99. The minimum Gasteiger partial charge on any atom is -0.497 e. The Hall–Kier alpha value is -3.28. The van der Waals surface area contributed by atoms with Crippen molar-refractivity contribution in [2.75, 3.05) is 19.0 Å². The van der Waals surface area contributed by atoms with Crippen molar-refractivity contribution in [2.24, 2.45) is 5.92 Å². The summed E-state index contributed by atoms with van der Waals surface area (Å²) in [5, 5.41) is 6.24. The van der Waals surface area contributed by atoms with E-state index in [9.17, 15) is 4.79 Å². The SMILES string of the molecule is COc1ccc(-c2cnc(NCC3CC3)c(C(=O)NCc3ccco3)c2)cc1. The van der Waals surface area contributed by atoms with Gasteiger partial charge in [-0.3, -0.25) is 4.79 Å². The number of pyridine rings is 1. The third kappa shape index (κ3) is 4.34. The van der Waals surface area contributed by atoms with Crippen LogP contribution in [0.15, 0.2) is 59.3 Å². The number of anilines is 1. The van der Waals surface area contributed by atoms with E-state index in [0.29, 0.717) is 29.6 Å². The van der Waals surface area contributed by atoms with E-state index in [1.807, 2.05) is 36.4 Å². The predicted molar refractivity (Wildman–Crippen MR) is 107 cm³/mol. The van der Waals surface area contributed by atoms with Crippen LogP contribution in [0.4, 0.5) is 5.82 Å². The number of carbonyl (C=O) groups is 1. The summed E-state index contributed by atoms with van der Waals surface area (Å²) in [5.74, 6) is 2.61. The first-order valence-corrected chi connectivity index (χ1v) is 9.42. The summed E-state index contributed by atoms with van der Waals surface area (Å²) < 4.78 is 10.5. The summed E-state index contributed by atoms with van der Waals surface area (Å²) in [4.78, 5) is 17.4. The fourth-order valence-electron chi connectivity index (χ4n) is 2.96. The second kappa shape index (κ2) is 8.17. The van der Waals surface area contributed by atoms with Crippen LogP contribution in [0.5, 0.6) is 5.75 Å². The first-order chi connectivity index (χ1) is 13.7. The molecule has 6 nitrogen and oxygen atoms in total. The monoisotopic (exact) mass is 377 g/mol. The topological polar surface area (TPSA) is 76.4 Å². The van der Waals surface area contributed by atoms with E-state index in [4.69, 9.17) is 9.15 Å². The molecule has 1 fully saturated rings. The second-order valence-electron chi connectivity index (χ2n) is 6.93. The molecule has 28 heavy (non-hydrogen) atoms. The Labute approximate surface area is 163 Å². The minimum absolute atomic E-state index is 0.183. The zero-order valence-electron chi connectivity index (χ0n) is 15.8. The number of hydrogen-bond donors (Lipinski definition) is 2. The van der Waals surface area contributed by atoms with E-state index < -0.39 is 0 Å². The molecule has 6 heteroatoms. The van der Waals surface area contributed by atoms with Crippen LogP contribution in [0.25, 0.3) is 11.1 Å². The number of aromatic nitrogens is 1. The first kappa shape index (κ1) is 18.1. The van der Waals surface area contributed by atoms with Gasteiger partial charge in [0.1, 0.15) is 17.3 Å². The van der Waals surface area contributed by atoms with Gasteiger partial charge in [0, 0.05) is 18.3 Å². The number of hydrogen-bond acceptors (Lipinski definition) is 5. The van der Waals surface area contributed by atoms with Crippen LogP contribution in [0.3, 0.4) is 0 Å². The fourth-order valence-corrected chi connectivity index (χ4v) is 2.96. The molecule has 144 valence electrons. The molecule has 2 N–H and O–H groups in total. The summed E-state index contributed by atoms with van der Waals surface area (Å²) in [5.41, 5.74) is 2.38. The average Bonchev–Trinajstić information content (AvgIpc) is 3.43. The number of nitrogens with zero attached hydrogens (tertiary/aromatic N) is 1. The van der Waals surface area contributed by atoms with Crippen molar-refractivity contribution >= 4 is 11.7 Å². The zero-order valence-corrected chi connectivity index (χ0v) is 15.8. The number of ether oxygens (including phenoxy) is 1. The number of nitrogens with one attached hydrogen (secondary N) is 2. The second-order valence-corrected chi connectivity index (χ2v) is 6.93. The lowest BCUT2D eigenvalue weighted by Crippen LogP contribution is -2.24. The number of benzene rings is 1. The third-order valence-corrected chi connectivity index (χ3v) is 4.81. The number of rotatable bonds is 8. The van der Waals surface area contributed by atoms with Gasteiger partial charge in [0.15, 0.2) is 0 Å². The molecule has 2 heterocycles. The van der Waals surface area contributed by atoms with Crippen LogP contribution in [0.2, 0.25) is 0 Å². The molecule has 1 saturated carbocycles. The molecular formula is C22H23N3O3. The van der Waals surface area contributed by atoms with E-state index >= 15 is 0 Å². The lowest BCUT2D eigenvalue weighted by Gasteiger charge is -2.13. The quantitative estimate of drug-likeness (QED) is 0.618. The number of methoxy groups -OCH3 is 1. The van der Waals surface area contributed by atoms with Crippen LogP contribution in [0, 0.1) is 5.92 Å². The molecular weight excluding hydrogens is 354 g/mol. The molecule has 0 unspecified atom stereocenters. The van der Waals surface area contributed by atoms with Crippen molar-refractivity contribution in [3.8, 4) is 16.9 Å². The summed E-state index contributed by atoms with van der Waals surface area (Å²) >= 11 is 0. The van der Waals surface area contributed by atoms with Gasteiger partial charge in [0.2, 0.25) is 0 Å². The molecule has 2 aromatic heterocycles. The average molecular weight is 377 g/mol. The Kier molecular flexibility index (Phi) is 5.28. The van der Waals surface area contributed by atoms with E-state index in [-0.39, 0.29) is 5.91 Å². The predicted octanol–water partition coefficient (Wildman–Crippen LogP) is 4.10. The van der Waals surface area contributed by atoms with Gasteiger partial charge in [0.25, 0.3) is 5.91 Å².